The van der Waals surface area contributed by atoms with Gasteiger partial charge in [-0.05, 0) is 56.0 Å². The minimum Gasteiger partial charge on any atom is -0.398 e. The number of aryl methyl sites for hydroxylation is 3. The predicted octanol–water partition coefficient (Wildman–Crippen LogP) is 3.59. The van der Waals surface area contributed by atoms with Gasteiger partial charge in [0.25, 0.3) is 5.91 Å². The lowest BCUT2D eigenvalue weighted by molar-refractivity contribution is 0.0954. The molecule has 2 rings (SSSR count). The van der Waals surface area contributed by atoms with Gasteiger partial charge in [-0.2, -0.15) is 0 Å². The molecular weight excluding hydrogens is 296 g/mol. The molecule has 2 aromatic rings. The SMILES string of the molecule is Cc1ccc(CCNC(=O)c2ccc(C)c(N)c2)c(C)c1.Cl. The highest BCUT2D eigenvalue weighted by Crippen LogP contribution is 2.13. The van der Waals surface area contributed by atoms with Gasteiger partial charge in [0.05, 0.1) is 0 Å². The van der Waals surface area contributed by atoms with Crippen molar-refractivity contribution in [1.82, 2.24) is 5.32 Å². The number of nitrogens with two attached hydrogens (primary N) is 1. The van der Waals surface area contributed by atoms with E-state index in [0.29, 0.717) is 17.8 Å². The molecule has 0 radical (unpaired) electrons. The Hall–Kier alpha value is -2.00. The van der Waals surface area contributed by atoms with Crippen LogP contribution < -0.4 is 11.1 Å². The van der Waals surface area contributed by atoms with Gasteiger partial charge in [0.2, 0.25) is 0 Å². The van der Waals surface area contributed by atoms with Gasteiger partial charge >= 0.3 is 0 Å². The smallest absolute Gasteiger partial charge is 0.251 e. The number of carbonyl (C=O) groups excluding carboxylic acids is 1. The van der Waals surface area contributed by atoms with Crippen molar-refractivity contribution in [2.24, 2.45) is 0 Å². The summed E-state index contributed by atoms with van der Waals surface area (Å²) in [5.41, 5.74) is 11.9. The summed E-state index contributed by atoms with van der Waals surface area (Å²) in [5.74, 6) is -0.0773. The van der Waals surface area contributed by atoms with Gasteiger partial charge in [-0.15, -0.1) is 12.4 Å². The summed E-state index contributed by atoms with van der Waals surface area (Å²) in [6.45, 7) is 6.73. The number of carbonyl (C=O) groups is 1. The second kappa shape index (κ2) is 7.85. The molecule has 0 saturated heterocycles. The lowest BCUT2D eigenvalue weighted by atomic mass is 10.0. The Bertz CT molecular complexity index is 668. The molecule has 0 aromatic heterocycles. The Balaban J connectivity index is 0.00000242. The number of hydrogen-bond acceptors (Lipinski definition) is 2. The Morgan fingerprint density at radius 1 is 1.05 bits per heavy atom. The predicted molar refractivity (Wildman–Crippen MR) is 94.8 cm³/mol. The fraction of sp³-hybridized carbons (Fsp3) is 0.278. The maximum Gasteiger partial charge on any atom is 0.251 e. The first-order valence-corrected chi connectivity index (χ1v) is 7.18. The molecule has 1 amide bonds. The summed E-state index contributed by atoms with van der Waals surface area (Å²) < 4.78 is 0. The summed E-state index contributed by atoms with van der Waals surface area (Å²) in [4.78, 5) is 12.1. The standard InChI is InChI=1S/C18H22N2O.ClH/c1-12-4-6-15(14(3)10-12)8-9-20-18(21)16-7-5-13(2)17(19)11-16;/h4-7,10-11H,8-9,19H2,1-3H3,(H,20,21);1H. The first-order valence-electron chi connectivity index (χ1n) is 7.18. The van der Waals surface area contributed by atoms with Crippen LogP contribution in [0, 0.1) is 20.8 Å². The molecule has 22 heavy (non-hydrogen) atoms. The van der Waals surface area contributed by atoms with Crippen molar-refractivity contribution in [3.8, 4) is 0 Å². The van der Waals surface area contributed by atoms with E-state index in [1.54, 1.807) is 12.1 Å². The van der Waals surface area contributed by atoms with Gasteiger partial charge in [-0.1, -0.05) is 29.8 Å². The third-order valence-electron chi connectivity index (χ3n) is 3.72. The fourth-order valence-electron chi connectivity index (χ4n) is 2.32. The van der Waals surface area contributed by atoms with Crippen molar-refractivity contribution in [3.05, 3.63) is 64.2 Å². The van der Waals surface area contributed by atoms with E-state index in [9.17, 15) is 4.79 Å². The van der Waals surface area contributed by atoms with Gasteiger partial charge in [0, 0.05) is 17.8 Å². The van der Waals surface area contributed by atoms with Crippen LogP contribution in [-0.4, -0.2) is 12.5 Å². The molecule has 0 aliphatic heterocycles. The minimum atomic E-state index is -0.0773. The number of halogens is 1. The number of nitrogen functional groups attached to an aromatic ring is 1. The third kappa shape index (κ3) is 4.50. The van der Waals surface area contributed by atoms with Crippen LogP contribution in [0.4, 0.5) is 5.69 Å². The molecular formula is C18H23ClN2O. The van der Waals surface area contributed by atoms with E-state index in [0.717, 1.165) is 12.0 Å². The van der Waals surface area contributed by atoms with Crippen LogP contribution in [0.1, 0.15) is 32.6 Å². The zero-order valence-corrected chi connectivity index (χ0v) is 14.1. The van der Waals surface area contributed by atoms with E-state index >= 15 is 0 Å². The Morgan fingerprint density at radius 3 is 2.41 bits per heavy atom. The zero-order valence-electron chi connectivity index (χ0n) is 13.3. The maximum atomic E-state index is 12.1. The lowest BCUT2D eigenvalue weighted by Crippen LogP contribution is -2.26. The fourth-order valence-corrected chi connectivity index (χ4v) is 2.32. The van der Waals surface area contributed by atoms with Gasteiger partial charge < -0.3 is 11.1 Å². The average molecular weight is 319 g/mol. The Morgan fingerprint density at radius 2 is 1.77 bits per heavy atom. The van der Waals surface area contributed by atoms with Crippen molar-refractivity contribution in [3.63, 3.8) is 0 Å². The molecule has 0 bridgehead atoms. The van der Waals surface area contributed by atoms with E-state index in [2.05, 4.69) is 37.4 Å². The molecule has 0 atom stereocenters. The monoisotopic (exact) mass is 318 g/mol. The number of hydrogen-bond donors (Lipinski definition) is 2. The van der Waals surface area contributed by atoms with Gasteiger partial charge in [0.15, 0.2) is 0 Å². The average Bonchev–Trinajstić information content (AvgIpc) is 2.44. The summed E-state index contributed by atoms with van der Waals surface area (Å²) in [7, 11) is 0. The van der Waals surface area contributed by atoms with Crippen LogP contribution in [0.25, 0.3) is 0 Å². The van der Waals surface area contributed by atoms with Crippen molar-refractivity contribution < 1.29 is 4.79 Å². The molecule has 118 valence electrons. The van der Waals surface area contributed by atoms with E-state index in [1.807, 2.05) is 13.0 Å². The number of nitrogens with one attached hydrogen (secondary N) is 1. The summed E-state index contributed by atoms with van der Waals surface area (Å²) in [6.07, 6.45) is 0.833. The molecule has 0 saturated carbocycles. The maximum absolute atomic E-state index is 12.1. The van der Waals surface area contributed by atoms with Gasteiger partial charge in [0.1, 0.15) is 0 Å². The highest BCUT2D eigenvalue weighted by molar-refractivity contribution is 5.95. The molecule has 0 aliphatic carbocycles. The summed E-state index contributed by atoms with van der Waals surface area (Å²) in [6, 6.07) is 11.8. The molecule has 3 nitrogen and oxygen atoms in total. The van der Waals surface area contributed by atoms with Crippen LogP contribution >= 0.6 is 12.4 Å². The molecule has 0 aliphatic rings. The van der Waals surface area contributed by atoms with Crippen LogP contribution in [0.15, 0.2) is 36.4 Å². The Labute approximate surface area is 138 Å². The summed E-state index contributed by atoms with van der Waals surface area (Å²) >= 11 is 0. The van der Waals surface area contributed by atoms with E-state index in [4.69, 9.17) is 5.73 Å². The molecule has 0 heterocycles. The summed E-state index contributed by atoms with van der Waals surface area (Å²) in [5, 5.41) is 2.94. The molecule has 0 fully saturated rings. The van der Waals surface area contributed by atoms with E-state index < -0.39 is 0 Å². The third-order valence-corrected chi connectivity index (χ3v) is 3.72. The molecule has 4 heteroatoms. The topological polar surface area (TPSA) is 55.1 Å². The minimum absolute atomic E-state index is 0. The van der Waals surface area contributed by atoms with Crippen LogP contribution in [0.3, 0.4) is 0 Å². The van der Waals surface area contributed by atoms with Gasteiger partial charge in [-0.25, -0.2) is 0 Å². The van der Waals surface area contributed by atoms with Crippen molar-refractivity contribution in [2.45, 2.75) is 27.2 Å². The van der Waals surface area contributed by atoms with Gasteiger partial charge in [-0.3, -0.25) is 4.79 Å². The van der Waals surface area contributed by atoms with E-state index in [-0.39, 0.29) is 18.3 Å². The van der Waals surface area contributed by atoms with Crippen LogP contribution in [-0.2, 0) is 6.42 Å². The number of rotatable bonds is 4. The lowest BCUT2D eigenvalue weighted by Gasteiger charge is -2.09. The number of amides is 1. The quantitative estimate of drug-likeness (QED) is 0.846. The van der Waals surface area contributed by atoms with Crippen LogP contribution in [0.5, 0.6) is 0 Å². The molecule has 3 N–H and O–H groups in total. The first kappa shape index (κ1) is 18.1. The second-order valence-corrected chi connectivity index (χ2v) is 5.51. The first-order chi connectivity index (χ1) is 9.97. The molecule has 0 spiro atoms. The van der Waals surface area contributed by atoms with Crippen molar-refractivity contribution in [1.29, 1.82) is 0 Å². The van der Waals surface area contributed by atoms with Crippen molar-refractivity contribution in [2.75, 3.05) is 12.3 Å². The zero-order chi connectivity index (χ0) is 15.4. The normalized spacial score (nSPS) is 9.95. The van der Waals surface area contributed by atoms with Crippen LogP contribution in [0.2, 0.25) is 0 Å². The molecule has 2 aromatic carbocycles. The molecule has 0 unspecified atom stereocenters. The largest absolute Gasteiger partial charge is 0.398 e. The Kier molecular flexibility index (Phi) is 6.44. The second-order valence-electron chi connectivity index (χ2n) is 5.51. The van der Waals surface area contributed by atoms with Crippen molar-refractivity contribution >= 4 is 24.0 Å². The highest BCUT2D eigenvalue weighted by atomic mass is 35.5. The highest BCUT2D eigenvalue weighted by Gasteiger charge is 2.07. The number of benzene rings is 2. The van der Waals surface area contributed by atoms with E-state index in [1.165, 1.54) is 16.7 Å². The number of anilines is 1.